The molecule has 108 valence electrons. The average Bonchev–Trinajstić information content (AvgIpc) is 2.97. The molecule has 0 bridgehead atoms. The molecule has 19 heavy (non-hydrogen) atoms. The second-order valence-electron chi connectivity index (χ2n) is 6.02. The minimum atomic E-state index is -0.684. The molecule has 6 heteroatoms. The second kappa shape index (κ2) is 5.29. The third-order valence-electron chi connectivity index (χ3n) is 4.43. The predicted octanol–water partition coefficient (Wildman–Crippen LogP) is 0.559. The smallest absolute Gasteiger partial charge is 0.240 e. The minimum Gasteiger partial charge on any atom is -0.349 e. The fourth-order valence-corrected chi connectivity index (χ4v) is 3.13. The molecule has 1 aliphatic heterocycles. The van der Waals surface area contributed by atoms with Crippen molar-refractivity contribution in [3.8, 4) is 0 Å². The van der Waals surface area contributed by atoms with Crippen LogP contribution < -0.4 is 11.1 Å². The van der Waals surface area contributed by atoms with E-state index in [1.165, 1.54) is 0 Å². The van der Waals surface area contributed by atoms with Gasteiger partial charge in [0.15, 0.2) is 0 Å². The Kier molecular flexibility index (Phi) is 4.06. The maximum absolute atomic E-state index is 12.2. The Morgan fingerprint density at radius 2 is 1.95 bits per heavy atom. The van der Waals surface area contributed by atoms with Crippen molar-refractivity contribution in [1.82, 2.24) is 10.2 Å². The Hall–Kier alpha value is -0.810. The molecule has 3 aliphatic rings. The Bertz CT molecular complexity index is 378. The number of carbonyl (C=O) groups excluding carboxylic acids is 2. The summed E-state index contributed by atoms with van der Waals surface area (Å²) in [5.41, 5.74) is 5.43. The first kappa shape index (κ1) is 14.6. The first-order valence-electron chi connectivity index (χ1n) is 6.98. The van der Waals surface area contributed by atoms with Gasteiger partial charge in [-0.3, -0.25) is 9.59 Å². The molecule has 1 atom stereocenters. The van der Waals surface area contributed by atoms with Crippen molar-refractivity contribution < 1.29 is 9.59 Å². The molecule has 0 aromatic rings. The molecule has 0 aromatic heterocycles. The van der Waals surface area contributed by atoms with Crippen molar-refractivity contribution in [2.75, 3.05) is 6.54 Å². The predicted molar refractivity (Wildman–Crippen MR) is 73.9 cm³/mol. The zero-order valence-corrected chi connectivity index (χ0v) is 11.9. The van der Waals surface area contributed by atoms with Gasteiger partial charge in [-0.25, -0.2) is 0 Å². The number of nitrogens with zero attached hydrogens (tertiary/aromatic N) is 1. The number of hydrogen-bond donors (Lipinski definition) is 2. The molecule has 0 aromatic carbocycles. The van der Waals surface area contributed by atoms with Crippen LogP contribution in [-0.2, 0) is 9.59 Å². The standard InChI is InChI=1S/C13H21N3O2.ClH/c14-13(5-1-2-6-13)12(18)15-9-7-11(17)16(8-9)10-3-4-10;/h9-10H,1-8,14H2,(H,15,18);1H. The molecule has 2 aliphatic carbocycles. The zero-order valence-electron chi connectivity index (χ0n) is 11.1. The summed E-state index contributed by atoms with van der Waals surface area (Å²) in [4.78, 5) is 25.9. The van der Waals surface area contributed by atoms with E-state index in [9.17, 15) is 9.59 Å². The molecule has 3 rings (SSSR count). The number of rotatable bonds is 3. The van der Waals surface area contributed by atoms with Crippen LogP contribution in [0.5, 0.6) is 0 Å². The number of halogens is 1. The summed E-state index contributed by atoms with van der Waals surface area (Å²) in [6, 6.07) is 0.407. The summed E-state index contributed by atoms with van der Waals surface area (Å²) in [6.45, 7) is 0.672. The fraction of sp³-hybridized carbons (Fsp3) is 0.846. The van der Waals surface area contributed by atoms with Gasteiger partial charge in [0.05, 0.1) is 11.6 Å². The summed E-state index contributed by atoms with van der Waals surface area (Å²) in [5, 5.41) is 2.98. The van der Waals surface area contributed by atoms with Gasteiger partial charge < -0.3 is 16.0 Å². The fourth-order valence-electron chi connectivity index (χ4n) is 3.13. The molecule has 0 spiro atoms. The molecule has 5 nitrogen and oxygen atoms in total. The first-order chi connectivity index (χ1) is 8.58. The van der Waals surface area contributed by atoms with Crippen LogP contribution in [0.15, 0.2) is 0 Å². The highest BCUT2D eigenvalue weighted by molar-refractivity contribution is 5.88. The summed E-state index contributed by atoms with van der Waals surface area (Å²) >= 11 is 0. The quantitative estimate of drug-likeness (QED) is 0.796. The second-order valence-corrected chi connectivity index (χ2v) is 6.02. The van der Waals surface area contributed by atoms with Crippen LogP contribution >= 0.6 is 12.4 Å². The maximum Gasteiger partial charge on any atom is 0.240 e. The van der Waals surface area contributed by atoms with Gasteiger partial charge in [-0.05, 0) is 25.7 Å². The van der Waals surface area contributed by atoms with Crippen molar-refractivity contribution in [3.63, 3.8) is 0 Å². The van der Waals surface area contributed by atoms with Crippen LogP contribution in [-0.4, -0.2) is 40.9 Å². The van der Waals surface area contributed by atoms with E-state index in [-0.39, 0.29) is 30.3 Å². The van der Waals surface area contributed by atoms with Gasteiger partial charge in [0.1, 0.15) is 0 Å². The van der Waals surface area contributed by atoms with Crippen molar-refractivity contribution in [1.29, 1.82) is 0 Å². The van der Waals surface area contributed by atoms with Gasteiger partial charge >= 0.3 is 0 Å². The Morgan fingerprint density at radius 1 is 1.32 bits per heavy atom. The molecular formula is C13H22ClN3O2. The van der Waals surface area contributed by atoms with E-state index in [0.717, 1.165) is 38.5 Å². The van der Waals surface area contributed by atoms with Crippen molar-refractivity contribution in [2.24, 2.45) is 5.73 Å². The normalized spacial score (nSPS) is 29.2. The van der Waals surface area contributed by atoms with Crippen LogP contribution in [0.4, 0.5) is 0 Å². The molecule has 0 radical (unpaired) electrons. The first-order valence-corrected chi connectivity index (χ1v) is 6.98. The van der Waals surface area contributed by atoms with Gasteiger partial charge in [0, 0.05) is 19.0 Å². The number of carbonyl (C=O) groups is 2. The van der Waals surface area contributed by atoms with E-state index < -0.39 is 5.54 Å². The van der Waals surface area contributed by atoms with Gasteiger partial charge in [-0.15, -0.1) is 12.4 Å². The van der Waals surface area contributed by atoms with E-state index in [1.807, 2.05) is 4.90 Å². The van der Waals surface area contributed by atoms with Gasteiger partial charge in [0.2, 0.25) is 11.8 Å². The summed E-state index contributed by atoms with van der Waals surface area (Å²) in [7, 11) is 0. The van der Waals surface area contributed by atoms with Crippen LogP contribution in [0.2, 0.25) is 0 Å². The average molecular weight is 288 g/mol. The lowest BCUT2D eigenvalue weighted by molar-refractivity contribution is -0.128. The van der Waals surface area contributed by atoms with Gasteiger partial charge in [-0.1, -0.05) is 12.8 Å². The third kappa shape index (κ3) is 2.87. The van der Waals surface area contributed by atoms with Crippen molar-refractivity contribution in [3.05, 3.63) is 0 Å². The maximum atomic E-state index is 12.2. The Morgan fingerprint density at radius 3 is 2.53 bits per heavy atom. The topological polar surface area (TPSA) is 75.4 Å². The van der Waals surface area contributed by atoms with E-state index in [2.05, 4.69) is 5.32 Å². The highest BCUT2D eigenvalue weighted by atomic mass is 35.5. The summed E-state index contributed by atoms with van der Waals surface area (Å²) in [6.07, 6.45) is 6.28. The van der Waals surface area contributed by atoms with E-state index in [0.29, 0.717) is 19.0 Å². The number of nitrogens with two attached hydrogens (primary N) is 1. The molecule has 2 saturated carbocycles. The lowest BCUT2D eigenvalue weighted by atomic mass is 9.97. The van der Waals surface area contributed by atoms with Gasteiger partial charge in [-0.2, -0.15) is 0 Å². The highest BCUT2D eigenvalue weighted by Crippen LogP contribution is 2.31. The molecule has 3 fully saturated rings. The minimum absolute atomic E-state index is 0. The molecular weight excluding hydrogens is 266 g/mol. The van der Waals surface area contributed by atoms with Crippen LogP contribution in [0.3, 0.4) is 0 Å². The summed E-state index contributed by atoms with van der Waals surface area (Å²) < 4.78 is 0. The van der Waals surface area contributed by atoms with E-state index in [1.54, 1.807) is 0 Å². The van der Waals surface area contributed by atoms with Crippen LogP contribution in [0, 0.1) is 0 Å². The molecule has 1 heterocycles. The van der Waals surface area contributed by atoms with Gasteiger partial charge in [0.25, 0.3) is 0 Å². The molecule has 3 N–H and O–H groups in total. The van der Waals surface area contributed by atoms with Crippen LogP contribution in [0.1, 0.15) is 44.9 Å². The van der Waals surface area contributed by atoms with E-state index >= 15 is 0 Å². The highest BCUT2D eigenvalue weighted by Gasteiger charge is 2.42. The number of hydrogen-bond acceptors (Lipinski definition) is 3. The van der Waals surface area contributed by atoms with Crippen molar-refractivity contribution >= 4 is 24.2 Å². The third-order valence-corrected chi connectivity index (χ3v) is 4.43. The lowest BCUT2D eigenvalue weighted by Crippen LogP contribution is -2.54. The molecule has 1 saturated heterocycles. The monoisotopic (exact) mass is 287 g/mol. The molecule has 2 amide bonds. The van der Waals surface area contributed by atoms with Crippen LogP contribution in [0.25, 0.3) is 0 Å². The van der Waals surface area contributed by atoms with E-state index in [4.69, 9.17) is 5.73 Å². The number of likely N-dealkylation sites (tertiary alicyclic amines) is 1. The SMILES string of the molecule is Cl.NC1(C(=O)NC2CC(=O)N(C3CC3)C2)CCCC1. The largest absolute Gasteiger partial charge is 0.349 e. The molecule has 1 unspecified atom stereocenters. The summed E-state index contributed by atoms with van der Waals surface area (Å²) in [5.74, 6) is 0.121. The zero-order chi connectivity index (χ0) is 12.8. The Labute approximate surface area is 119 Å². The van der Waals surface area contributed by atoms with Crippen molar-refractivity contribution in [2.45, 2.75) is 62.6 Å². The number of amides is 2. The lowest BCUT2D eigenvalue weighted by Gasteiger charge is -2.24. The Balaban J connectivity index is 0.00000133. The number of nitrogens with one attached hydrogen (secondary N) is 1.